The molecule has 16 rings (SSSR count). The number of hydrogen-bond acceptors (Lipinski definition) is 26. The third kappa shape index (κ3) is 11.0. The van der Waals surface area contributed by atoms with Crippen molar-refractivity contribution in [3.63, 3.8) is 0 Å². The second-order valence-electron chi connectivity index (χ2n) is 24.4. The maximum atomic E-state index is 14.4. The number of nitrogens with zero attached hydrogens (tertiary/aromatic N) is 6. The number of hydrogen-bond donors (Lipinski definition) is 20. The van der Waals surface area contributed by atoms with Crippen molar-refractivity contribution < 1.29 is 118 Å². The van der Waals surface area contributed by atoms with Crippen LogP contribution in [-0.2, 0) is 46.2 Å². The van der Waals surface area contributed by atoms with E-state index in [1.165, 1.54) is 82.5 Å². The van der Waals surface area contributed by atoms with Gasteiger partial charge >= 0.3 is 10.4 Å². The Labute approximate surface area is 564 Å². The van der Waals surface area contributed by atoms with Crippen molar-refractivity contribution in [1.29, 1.82) is 0 Å². The molecule has 4 aliphatic heterocycles. The van der Waals surface area contributed by atoms with Gasteiger partial charge < -0.3 is 100 Å². The van der Waals surface area contributed by atoms with Gasteiger partial charge in [0.05, 0.1) is 92.8 Å². The molecule has 4 aliphatic rings. The lowest BCUT2D eigenvalue weighted by atomic mass is 9.96. The molecule has 101 heavy (non-hydrogen) atoms. The quantitative estimate of drug-likeness (QED) is 0.0606. The number of aromatic nitrogens is 6. The number of hydrazine groups is 2. The van der Waals surface area contributed by atoms with E-state index >= 15 is 0 Å². The van der Waals surface area contributed by atoms with Gasteiger partial charge in [0.1, 0.15) is 71.8 Å². The first-order valence-electron chi connectivity index (χ1n) is 30.8. The average molecular weight is 1410 g/mol. The molecular formula is C66H60N10O24S. The van der Waals surface area contributed by atoms with E-state index in [2.05, 4.69) is 30.8 Å². The molecular weight excluding hydrogens is 1350 g/mol. The van der Waals surface area contributed by atoms with E-state index in [1.807, 2.05) is 0 Å². The largest absolute Gasteiger partial charge is 0.508 e. The molecule has 0 aliphatic carbocycles. The van der Waals surface area contributed by atoms with E-state index in [0.29, 0.717) is 76.6 Å². The number of rotatable bonds is 12. The molecule has 10 atom stereocenters. The molecule has 2 saturated heterocycles. The Morgan fingerprint density at radius 1 is 0.446 bits per heavy atom. The standard InChI is InChI=1S/2C33H29N5O10.H2O4S/c2*39-11-14-9-34-6-5-13(14)10-35-38-31(46)24-22-17-3-1-15(41)7-19(17)36-26(22)27-23(25(24)32(38)47)18-4-2-16(42)8-20(18)37(27)33-30(45)29(44)28(43)21(12-40)48-33;1-5(2,3)4/h2*1-9,21,28-30,33,35-36,39-45H,10-12H2;(H2,1,2,3,4)/t2*21-,28-,29+,30-,33?;/m00./s1. The first kappa shape index (κ1) is 67.8. The molecule has 20 N–H and O–H groups in total. The van der Waals surface area contributed by atoms with Crippen LogP contribution in [0.15, 0.2) is 110 Å². The van der Waals surface area contributed by atoms with E-state index in [0.717, 1.165) is 10.0 Å². The predicted molar refractivity (Wildman–Crippen MR) is 351 cm³/mol. The highest BCUT2D eigenvalue weighted by atomic mass is 32.3. The molecule has 0 spiro atoms. The number of aliphatic hydroxyl groups excluding tert-OH is 10. The number of pyridine rings is 2. The van der Waals surface area contributed by atoms with Gasteiger partial charge in [0.2, 0.25) is 0 Å². The van der Waals surface area contributed by atoms with Gasteiger partial charge in [-0.1, -0.05) is 0 Å². The van der Waals surface area contributed by atoms with Crippen LogP contribution in [-0.4, -0.2) is 214 Å². The molecule has 6 aromatic carbocycles. The van der Waals surface area contributed by atoms with Crippen LogP contribution in [0.25, 0.3) is 87.2 Å². The van der Waals surface area contributed by atoms with Crippen molar-refractivity contribution in [2.24, 2.45) is 0 Å². The average Bonchev–Trinajstić information content (AvgIpc) is 1.53. The van der Waals surface area contributed by atoms with Crippen LogP contribution in [0.1, 0.15) is 76.1 Å². The summed E-state index contributed by atoms with van der Waals surface area (Å²) in [7, 11) is -4.67. The number of carbonyl (C=O) groups is 4. The van der Waals surface area contributed by atoms with Crippen molar-refractivity contribution in [2.45, 2.75) is 87.6 Å². The van der Waals surface area contributed by atoms with Gasteiger partial charge in [-0.3, -0.25) is 38.3 Å². The van der Waals surface area contributed by atoms with Crippen LogP contribution in [0.4, 0.5) is 0 Å². The Hall–Kier alpha value is -10.4. The molecule has 6 aromatic heterocycles. The number of amides is 4. The molecule has 524 valence electrons. The lowest BCUT2D eigenvalue weighted by molar-refractivity contribution is -0.249. The Kier molecular flexibility index (Phi) is 17.2. The predicted octanol–water partition coefficient (Wildman–Crippen LogP) is 1.35. The highest BCUT2D eigenvalue weighted by Crippen LogP contribution is 2.51. The number of phenols is 4. The van der Waals surface area contributed by atoms with E-state index in [4.69, 9.17) is 27.0 Å². The molecule has 35 heteroatoms. The number of carbonyl (C=O) groups excluding carboxylic acids is 4. The fourth-order valence-corrected chi connectivity index (χ4v) is 14.1. The summed E-state index contributed by atoms with van der Waals surface area (Å²) >= 11 is 0. The SMILES string of the molecule is O=C1c2c(c3c4ccc(O)cc4n(C4O[C@@H](CO)[C@H](O)[C@@H](O)[C@@H]4O)c3c3[nH]c4cc(O)ccc4c23)C(=O)N1NCc1ccncc1CO.O=C1c2c(c3c4ccc(O)cc4n(C4O[C@@H](CO)[C@H](O)[C@@H](O)[C@@H]4O)c3c3[nH]c4cc(O)ccc4c23)C(=O)N1NCc1ccncc1CO.O=S(=O)(O)O. The van der Waals surface area contributed by atoms with Crippen LogP contribution in [0.3, 0.4) is 0 Å². The van der Waals surface area contributed by atoms with Gasteiger partial charge in [-0.2, -0.15) is 8.42 Å². The smallest absolute Gasteiger partial charge is 0.394 e. The van der Waals surface area contributed by atoms with Crippen LogP contribution < -0.4 is 10.9 Å². The molecule has 0 bridgehead atoms. The van der Waals surface area contributed by atoms with Crippen LogP contribution in [0, 0.1) is 0 Å². The molecule has 0 radical (unpaired) electrons. The number of H-pyrrole nitrogens is 2. The van der Waals surface area contributed by atoms with Gasteiger partial charge in [-0.05, 0) is 71.8 Å². The van der Waals surface area contributed by atoms with Crippen molar-refractivity contribution >= 4 is 121 Å². The van der Waals surface area contributed by atoms with Crippen molar-refractivity contribution in [3.05, 3.63) is 154 Å². The fourth-order valence-electron chi connectivity index (χ4n) is 14.1. The number of fused-ring (bicyclic) bond motifs is 20. The minimum atomic E-state index is -4.67. The summed E-state index contributed by atoms with van der Waals surface area (Å²) in [5, 5.41) is 151. The van der Waals surface area contributed by atoms with Gasteiger partial charge in [0.15, 0.2) is 12.5 Å². The Morgan fingerprint density at radius 2 is 0.782 bits per heavy atom. The first-order valence-corrected chi connectivity index (χ1v) is 32.2. The number of nitrogens with one attached hydrogen (secondary N) is 4. The lowest BCUT2D eigenvalue weighted by Crippen LogP contribution is -2.56. The third-order valence-corrected chi connectivity index (χ3v) is 18.6. The molecule has 34 nitrogen and oxygen atoms in total. The van der Waals surface area contributed by atoms with Crippen molar-refractivity contribution in [3.8, 4) is 23.0 Å². The zero-order chi connectivity index (χ0) is 71.7. The molecule has 2 unspecified atom stereocenters. The normalized spacial score (nSPS) is 22.4. The van der Waals surface area contributed by atoms with E-state index < -0.39 is 109 Å². The van der Waals surface area contributed by atoms with Crippen LogP contribution in [0.2, 0.25) is 0 Å². The lowest BCUT2D eigenvalue weighted by Gasteiger charge is -2.41. The number of ether oxygens (including phenoxy) is 2. The van der Waals surface area contributed by atoms with Crippen molar-refractivity contribution in [1.82, 2.24) is 49.9 Å². The summed E-state index contributed by atoms with van der Waals surface area (Å²) in [4.78, 5) is 71.9. The van der Waals surface area contributed by atoms with E-state index in [1.54, 1.807) is 36.4 Å². The second kappa shape index (κ2) is 25.7. The Bertz CT molecular complexity index is 5230. The highest BCUT2D eigenvalue weighted by molar-refractivity contribution is 7.79. The summed E-state index contributed by atoms with van der Waals surface area (Å²) in [5.74, 6) is -3.20. The fraction of sp³-hybridized carbons (Fsp3) is 0.242. The van der Waals surface area contributed by atoms with Crippen LogP contribution >= 0.6 is 0 Å². The van der Waals surface area contributed by atoms with Gasteiger partial charge in [-0.15, -0.1) is 0 Å². The summed E-state index contributed by atoms with van der Waals surface area (Å²) in [6.07, 6.45) is -9.68. The molecule has 10 heterocycles. The second-order valence-corrected chi connectivity index (χ2v) is 25.2. The summed E-state index contributed by atoms with van der Waals surface area (Å²) in [6.45, 7) is -1.99. The minimum Gasteiger partial charge on any atom is -0.508 e. The van der Waals surface area contributed by atoms with Gasteiger partial charge in [0.25, 0.3) is 23.6 Å². The Balaban J connectivity index is 0.000000161. The zero-order valence-corrected chi connectivity index (χ0v) is 52.7. The molecule has 0 saturated carbocycles. The maximum absolute atomic E-state index is 14.4. The van der Waals surface area contributed by atoms with Crippen molar-refractivity contribution in [2.75, 3.05) is 13.2 Å². The first-order chi connectivity index (χ1) is 48.3. The molecule has 4 amide bonds. The number of phenolic OH excluding ortho intramolecular Hbond substituents is 4. The molecule has 12 aromatic rings. The topological polar surface area (TPSA) is 542 Å². The van der Waals surface area contributed by atoms with Gasteiger partial charge in [0, 0.05) is 116 Å². The van der Waals surface area contributed by atoms with E-state index in [9.17, 15) is 90.7 Å². The third-order valence-electron chi connectivity index (χ3n) is 18.6. The zero-order valence-electron chi connectivity index (χ0n) is 51.9. The van der Waals surface area contributed by atoms with Gasteiger partial charge in [-0.25, -0.2) is 20.9 Å². The summed E-state index contributed by atoms with van der Waals surface area (Å²) in [5.41, 5.74) is 10.7. The monoisotopic (exact) mass is 1410 g/mol. The number of imide groups is 2. The van der Waals surface area contributed by atoms with Crippen LogP contribution in [0.5, 0.6) is 23.0 Å². The Morgan fingerprint density at radius 3 is 1.13 bits per heavy atom. The number of benzene rings is 6. The minimum absolute atomic E-state index is 0.00156. The number of aromatic amines is 2. The number of aromatic hydroxyl groups is 4. The maximum Gasteiger partial charge on any atom is 0.394 e. The summed E-state index contributed by atoms with van der Waals surface area (Å²) < 4.78 is 46.5. The van der Waals surface area contributed by atoms with E-state index in [-0.39, 0.29) is 104 Å². The molecule has 2 fully saturated rings. The number of aliphatic hydroxyl groups is 10. The summed E-state index contributed by atoms with van der Waals surface area (Å²) in [6, 6.07) is 20.9. The highest BCUT2D eigenvalue weighted by Gasteiger charge is 2.50.